The summed E-state index contributed by atoms with van der Waals surface area (Å²) in [6.07, 6.45) is 12.1. The van der Waals surface area contributed by atoms with E-state index in [1.54, 1.807) is 49.3 Å². The lowest BCUT2D eigenvalue weighted by Crippen LogP contribution is -2.41. The maximum Gasteiger partial charge on any atom is 0.328 e. The first-order valence-corrected chi connectivity index (χ1v) is 23.0. The van der Waals surface area contributed by atoms with E-state index in [1.165, 1.54) is 31.8 Å². The first kappa shape index (κ1) is 62.6. The zero-order valence-corrected chi connectivity index (χ0v) is 42.0. The summed E-state index contributed by atoms with van der Waals surface area (Å²) in [5.74, 6) is 1.93. The standard InChI is InChI=1S/C9H9N3O2.C8H9N3O3.C8H11N3O.C6H6N2O3.C6H14.C3H7NO.C2H7N.2C2H6O/c13-9-11-7-3-10-2-1-8(7)12(9)6-4-14-5-6;12-11(13)8-3-9-2-1-7(8)10-6-4-14-5-6;9-7-3-10-2-1-8(7)11-6-4-12-5-6;1-11-6-2-3-7-4-5(6)8(9)10;1-5(2)6(3)4;4-3-1-5-2-3;3*1-2-3/h1-3,6H,4-5H2,(H,11,13);1-3,6H,4-5H2,(H,9,10);1-3,6H,4-5,9H2,(H,10,11);2-4H,1H3;5-6H,1-4H3;3H,1-2,4H2;2-3H2,1H3;2*3H,2H2,1H3. The summed E-state index contributed by atoms with van der Waals surface area (Å²) in [6.45, 7) is 21.0. The number of hydrogen-bond acceptors (Lipinski definition) is 21. The summed E-state index contributed by atoms with van der Waals surface area (Å²) in [7, 11) is 1.38. The molecule has 11 N–H and O–H groups in total. The Labute approximate surface area is 414 Å². The molecular formula is C46H75N13O12. The number of ether oxygens (including phenoxy) is 5. The van der Waals surface area contributed by atoms with Gasteiger partial charge in [0.1, 0.15) is 18.1 Å². The highest BCUT2D eigenvalue weighted by molar-refractivity contribution is 5.74. The third kappa shape index (κ3) is 24.3. The lowest BCUT2D eigenvalue weighted by Gasteiger charge is -2.28. The van der Waals surface area contributed by atoms with Gasteiger partial charge in [0.05, 0.1) is 129 Å². The maximum absolute atomic E-state index is 11.6. The van der Waals surface area contributed by atoms with E-state index in [2.05, 4.69) is 63.2 Å². The van der Waals surface area contributed by atoms with Crippen molar-refractivity contribution in [3.63, 3.8) is 0 Å². The molecule has 0 atom stereocenters. The van der Waals surface area contributed by atoms with Gasteiger partial charge in [-0.2, -0.15) is 0 Å². The van der Waals surface area contributed by atoms with Crippen LogP contribution in [0.2, 0.25) is 0 Å². The Morgan fingerprint density at radius 1 is 0.732 bits per heavy atom. The van der Waals surface area contributed by atoms with Crippen LogP contribution in [0.25, 0.3) is 11.0 Å². The summed E-state index contributed by atoms with van der Waals surface area (Å²) in [4.78, 5) is 49.4. The number of nitrogen functional groups attached to an aromatic ring is 1. The van der Waals surface area contributed by atoms with E-state index in [1.807, 2.05) is 19.1 Å². The highest BCUT2D eigenvalue weighted by atomic mass is 16.6. The molecule has 0 bridgehead atoms. The highest BCUT2D eigenvalue weighted by Gasteiger charge is 2.24. The Morgan fingerprint density at radius 2 is 1.14 bits per heavy atom. The topological polar surface area (TPSA) is 364 Å². The van der Waals surface area contributed by atoms with Crippen LogP contribution in [-0.2, 0) is 18.9 Å². The Balaban J connectivity index is 0.000000422. The van der Waals surface area contributed by atoms with E-state index >= 15 is 0 Å². The third-order valence-corrected chi connectivity index (χ3v) is 9.52. The van der Waals surface area contributed by atoms with Crippen LogP contribution in [0.15, 0.2) is 78.6 Å². The van der Waals surface area contributed by atoms with Crippen LogP contribution >= 0.6 is 0 Å². The molecule has 5 aromatic rings. The van der Waals surface area contributed by atoms with Crippen LogP contribution < -0.4 is 38.3 Å². The van der Waals surface area contributed by atoms with Crippen LogP contribution in [0.1, 0.15) is 54.5 Å². The Kier molecular flexibility index (Phi) is 32.2. The first-order chi connectivity index (χ1) is 34.0. The van der Waals surface area contributed by atoms with Crippen LogP contribution in [0.3, 0.4) is 0 Å². The van der Waals surface area contributed by atoms with Crippen LogP contribution in [0.4, 0.5) is 28.4 Å². The molecule has 0 amide bonds. The summed E-state index contributed by atoms with van der Waals surface area (Å²) < 4.78 is 26.2. The Hall–Kier alpha value is -6.45. The van der Waals surface area contributed by atoms with Gasteiger partial charge in [0.2, 0.25) is 0 Å². The molecule has 0 unspecified atom stereocenters. The van der Waals surface area contributed by atoms with Gasteiger partial charge < -0.3 is 66.7 Å². The molecule has 4 aliphatic rings. The van der Waals surface area contributed by atoms with Gasteiger partial charge in [-0.3, -0.25) is 44.7 Å². The van der Waals surface area contributed by atoms with E-state index in [0.29, 0.717) is 49.9 Å². The van der Waals surface area contributed by atoms with Crippen LogP contribution in [0, 0.1) is 32.1 Å². The second-order valence-electron chi connectivity index (χ2n) is 15.9. The fourth-order valence-electron chi connectivity index (χ4n) is 4.92. The first-order valence-electron chi connectivity index (χ1n) is 23.0. The van der Waals surface area contributed by atoms with E-state index in [9.17, 15) is 25.0 Å². The Bertz CT molecular complexity index is 2240. The van der Waals surface area contributed by atoms with Crippen molar-refractivity contribution >= 4 is 39.5 Å². The van der Waals surface area contributed by atoms with Gasteiger partial charge in [0.15, 0.2) is 5.75 Å². The minimum Gasteiger partial charge on any atom is -0.490 e. The van der Waals surface area contributed by atoms with E-state index in [4.69, 9.17) is 51.1 Å². The third-order valence-electron chi connectivity index (χ3n) is 9.52. The number of methoxy groups -OCH3 is 1. The summed E-state index contributed by atoms with van der Waals surface area (Å²) in [5, 5.41) is 42.3. The highest BCUT2D eigenvalue weighted by Crippen LogP contribution is 2.25. The molecular weight excluding hydrogens is 927 g/mol. The molecule has 5 aromatic heterocycles. The SMILES string of the molecule is CC(C)C(C)C.CCN.CCO.CCO.COc1ccncc1[N+](=O)[O-].NC1COC1.Nc1cnccc1NC1COC1.O=[N+]([O-])c1cnccc1NC1COC1.O=c1[nH]c2cnccc2n1C1COC1. The number of imidazole rings is 1. The number of nitrogens with two attached hydrogens (primary N) is 3. The van der Waals surface area contributed by atoms with E-state index in [0.717, 1.165) is 67.7 Å². The lowest BCUT2D eigenvalue weighted by atomic mass is 10.0. The van der Waals surface area contributed by atoms with Crippen molar-refractivity contribution in [3.8, 4) is 5.75 Å². The number of nitrogens with one attached hydrogen (secondary N) is 3. The van der Waals surface area contributed by atoms with Crippen molar-refractivity contribution in [1.82, 2.24) is 29.5 Å². The number of anilines is 3. The Morgan fingerprint density at radius 3 is 1.52 bits per heavy atom. The average molecular weight is 1000 g/mol. The minimum atomic E-state index is -0.536. The molecule has 4 aliphatic heterocycles. The molecule has 9 rings (SSSR count). The fourth-order valence-corrected chi connectivity index (χ4v) is 4.92. The van der Waals surface area contributed by atoms with Gasteiger partial charge in [-0.25, -0.2) is 4.79 Å². The number of aliphatic hydroxyl groups excluding tert-OH is 2. The number of aromatic nitrogens is 6. The van der Waals surface area contributed by atoms with Crippen molar-refractivity contribution in [2.45, 2.75) is 72.6 Å². The van der Waals surface area contributed by atoms with Crippen molar-refractivity contribution in [3.05, 3.63) is 105 Å². The van der Waals surface area contributed by atoms with Gasteiger partial charge in [-0.1, -0.05) is 34.6 Å². The molecule has 396 valence electrons. The molecule has 0 radical (unpaired) electrons. The van der Waals surface area contributed by atoms with Gasteiger partial charge >= 0.3 is 17.1 Å². The zero-order chi connectivity index (χ0) is 53.1. The molecule has 0 aromatic carbocycles. The smallest absolute Gasteiger partial charge is 0.328 e. The van der Waals surface area contributed by atoms with Crippen LogP contribution in [-0.4, -0.2) is 147 Å². The molecule has 71 heavy (non-hydrogen) atoms. The molecule has 25 nitrogen and oxygen atoms in total. The number of aromatic amines is 1. The van der Waals surface area contributed by atoms with Crippen molar-refractivity contribution in [2.75, 3.05) is 96.1 Å². The molecule has 4 saturated heterocycles. The molecule has 4 fully saturated rings. The number of nitrogens with zero attached hydrogens (tertiary/aromatic N) is 7. The molecule has 9 heterocycles. The van der Waals surface area contributed by atoms with E-state index in [-0.39, 0.29) is 48.1 Å². The fraction of sp³-hybridized carbons (Fsp3) is 0.543. The monoisotopic (exact) mass is 1000 g/mol. The lowest BCUT2D eigenvalue weighted by molar-refractivity contribution is -0.386. The van der Waals surface area contributed by atoms with Crippen molar-refractivity contribution in [1.29, 1.82) is 0 Å². The number of nitro groups is 2. The van der Waals surface area contributed by atoms with Gasteiger partial charge in [0, 0.05) is 44.1 Å². The van der Waals surface area contributed by atoms with Crippen LogP contribution in [0.5, 0.6) is 5.75 Å². The van der Waals surface area contributed by atoms with E-state index < -0.39 is 9.85 Å². The summed E-state index contributed by atoms with van der Waals surface area (Å²) >= 11 is 0. The summed E-state index contributed by atoms with van der Waals surface area (Å²) in [5.41, 5.74) is 19.4. The quantitative estimate of drug-likeness (QED) is 0.0758. The van der Waals surface area contributed by atoms with Gasteiger partial charge in [-0.15, -0.1) is 0 Å². The number of rotatable bonds is 9. The largest absolute Gasteiger partial charge is 0.490 e. The minimum absolute atomic E-state index is 0.000556. The van der Waals surface area contributed by atoms with Crippen molar-refractivity contribution < 1.29 is 43.7 Å². The van der Waals surface area contributed by atoms with Gasteiger partial charge in [0.25, 0.3) is 0 Å². The number of hydrogen-bond donors (Lipinski definition) is 8. The maximum atomic E-state index is 11.6. The zero-order valence-electron chi connectivity index (χ0n) is 42.0. The number of fused-ring (bicyclic) bond motifs is 1. The van der Waals surface area contributed by atoms with Gasteiger partial charge in [-0.05, 0) is 50.4 Å². The molecule has 25 heteroatoms. The predicted octanol–water partition coefficient (Wildman–Crippen LogP) is 4.17. The predicted molar refractivity (Wildman–Crippen MR) is 272 cm³/mol. The molecule has 0 aliphatic carbocycles. The summed E-state index contributed by atoms with van der Waals surface area (Å²) in [6, 6.07) is 7.85. The number of aliphatic hydroxyl groups is 2. The number of H-pyrrole nitrogens is 1. The molecule has 0 spiro atoms. The average Bonchev–Trinajstić information content (AvgIpc) is 3.62. The molecule has 0 saturated carbocycles. The second-order valence-corrected chi connectivity index (χ2v) is 15.9. The number of pyridine rings is 4. The normalized spacial score (nSPS) is 14.3. The van der Waals surface area contributed by atoms with Crippen molar-refractivity contribution in [2.24, 2.45) is 23.3 Å². The second kappa shape index (κ2) is 36.5.